The number of aromatic nitrogens is 1. The molecular weight excluding hydrogens is 402 g/mol. The van der Waals surface area contributed by atoms with E-state index in [1.54, 1.807) is 10.4 Å². The highest BCUT2D eigenvalue weighted by Gasteiger charge is 2.28. The molecule has 1 fully saturated rings. The number of hydrogen-bond donors (Lipinski definition) is 0. The van der Waals surface area contributed by atoms with Gasteiger partial charge >= 0.3 is 0 Å². The molecule has 1 aromatic heterocycles. The van der Waals surface area contributed by atoms with E-state index in [1.807, 2.05) is 6.07 Å². The van der Waals surface area contributed by atoms with Gasteiger partial charge in [0.1, 0.15) is 10.7 Å². The van der Waals surface area contributed by atoms with Gasteiger partial charge in [0.15, 0.2) is 0 Å². The molecular formula is C18H20BrN3O2S. The lowest BCUT2D eigenvalue weighted by Gasteiger charge is -2.30. The molecule has 0 saturated carbocycles. The van der Waals surface area contributed by atoms with Crippen molar-refractivity contribution in [1.29, 1.82) is 0 Å². The van der Waals surface area contributed by atoms with E-state index in [0.29, 0.717) is 13.1 Å². The van der Waals surface area contributed by atoms with Crippen LogP contribution in [0.5, 0.6) is 0 Å². The van der Waals surface area contributed by atoms with Gasteiger partial charge in [0.25, 0.3) is 0 Å². The summed E-state index contributed by atoms with van der Waals surface area (Å²) in [6.07, 6.45) is 4.34. The van der Waals surface area contributed by atoms with Crippen LogP contribution in [-0.4, -0.2) is 37.3 Å². The molecule has 2 aliphatic heterocycles. The van der Waals surface area contributed by atoms with Crippen molar-refractivity contribution in [3.63, 3.8) is 0 Å². The zero-order valence-corrected chi connectivity index (χ0v) is 16.3. The van der Waals surface area contributed by atoms with Gasteiger partial charge < -0.3 is 4.90 Å². The van der Waals surface area contributed by atoms with Crippen molar-refractivity contribution in [2.75, 3.05) is 24.5 Å². The van der Waals surface area contributed by atoms with Gasteiger partial charge in [-0.2, -0.15) is 4.31 Å². The fraction of sp³-hybridized carbons (Fsp3) is 0.389. The lowest BCUT2D eigenvalue weighted by atomic mass is 10.00. The molecule has 0 N–H and O–H groups in total. The molecule has 7 heteroatoms. The van der Waals surface area contributed by atoms with Crippen LogP contribution in [0.2, 0.25) is 0 Å². The van der Waals surface area contributed by atoms with Crippen LogP contribution in [0.1, 0.15) is 24.0 Å². The van der Waals surface area contributed by atoms with Crippen molar-refractivity contribution < 1.29 is 8.42 Å². The largest absolute Gasteiger partial charge is 0.352 e. The van der Waals surface area contributed by atoms with Crippen molar-refractivity contribution in [2.45, 2.75) is 30.7 Å². The van der Waals surface area contributed by atoms with Crippen LogP contribution in [0.15, 0.2) is 45.9 Å². The fourth-order valence-electron chi connectivity index (χ4n) is 3.53. The number of halogens is 1. The Bertz CT molecular complexity index is 878. The van der Waals surface area contributed by atoms with Gasteiger partial charge in [0, 0.05) is 36.8 Å². The van der Waals surface area contributed by atoms with Gasteiger partial charge in [-0.1, -0.05) is 28.1 Å². The van der Waals surface area contributed by atoms with Gasteiger partial charge in [-0.05, 0) is 48.6 Å². The van der Waals surface area contributed by atoms with Gasteiger partial charge in [-0.15, -0.1) is 0 Å². The summed E-state index contributed by atoms with van der Waals surface area (Å²) in [6.45, 7) is 2.89. The smallest absolute Gasteiger partial charge is 0.244 e. The van der Waals surface area contributed by atoms with E-state index in [9.17, 15) is 8.42 Å². The highest BCUT2D eigenvalue weighted by Crippen LogP contribution is 2.29. The summed E-state index contributed by atoms with van der Waals surface area (Å²) < 4.78 is 27.9. The summed E-state index contributed by atoms with van der Waals surface area (Å²) in [5.74, 6) is 0.821. The lowest BCUT2D eigenvalue weighted by Crippen LogP contribution is -2.31. The number of anilines is 1. The maximum Gasteiger partial charge on any atom is 0.244 e. The van der Waals surface area contributed by atoms with E-state index in [-0.39, 0.29) is 4.90 Å². The van der Waals surface area contributed by atoms with Crippen molar-refractivity contribution in [2.24, 2.45) is 0 Å². The number of rotatable bonds is 3. The molecule has 5 nitrogen and oxygen atoms in total. The third-order valence-electron chi connectivity index (χ3n) is 4.96. The minimum absolute atomic E-state index is 0.289. The van der Waals surface area contributed by atoms with Crippen molar-refractivity contribution >= 4 is 31.8 Å². The first-order valence-corrected chi connectivity index (χ1v) is 10.8. The molecule has 1 aromatic carbocycles. The Morgan fingerprint density at radius 2 is 1.84 bits per heavy atom. The van der Waals surface area contributed by atoms with Crippen LogP contribution in [0.4, 0.5) is 5.82 Å². The second kappa shape index (κ2) is 6.70. The minimum atomic E-state index is -3.40. The zero-order chi connectivity index (χ0) is 17.4. The maximum absolute atomic E-state index is 12.6. The molecule has 4 rings (SSSR count). The van der Waals surface area contributed by atoms with E-state index in [4.69, 9.17) is 0 Å². The van der Waals surface area contributed by atoms with E-state index in [0.717, 1.165) is 42.6 Å². The summed E-state index contributed by atoms with van der Waals surface area (Å²) >= 11 is 3.63. The van der Waals surface area contributed by atoms with Gasteiger partial charge in [0.2, 0.25) is 10.0 Å². The molecule has 0 spiro atoms. The average Bonchev–Trinajstić information content (AvgIpc) is 3.18. The first kappa shape index (κ1) is 17.0. The van der Waals surface area contributed by atoms with E-state index >= 15 is 0 Å². The summed E-state index contributed by atoms with van der Waals surface area (Å²) in [7, 11) is -3.40. The van der Waals surface area contributed by atoms with Crippen molar-refractivity contribution in [3.8, 4) is 0 Å². The molecule has 0 bridgehead atoms. The van der Waals surface area contributed by atoms with Crippen LogP contribution in [0, 0.1) is 0 Å². The predicted molar refractivity (Wildman–Crippen MR) is 101 cm³/mol. The van der Waals surface area contributed by atoms with Gasteiger partial charge in [-0.3, -0.25) is 0 Å². The molecule has 0 amide bonds. The summed E-state index contributed by atoms with van der Waals surface area (Å²) in [5.41, 5.74) is 2.64. The first-order chi connectivity index (χ1) is 12.1. The summed E-state index contributed by atoms with van der Waals surface area (Å²) in [6, 6.07) is 9.79. The molecule has 0 unspecified atom stereocenters. The summed E-state index contributed by atoms with van der Waals surface area (Å²) in [5, 5.41) is 0. The average molecular weight is 422 g/mol. The molecule has 2 aliphatic rings. The Hall–Kier alpha value is -1.44. The van der Waals surface area contributed by atoms with Crippen molar-refractivity contribution in [1.82, 2.24) is 9.29 Å². The molecule has 1 saturated heterocycles. The highest BCUT2D eigenvalue weighted by atomic mass is 79.9. The second-order valence-electron chi connectivity index (χ2n) is 6.51. The minimum Gasteiger partial charge on any atom is -0.352 e. The Labute approximate surface area is 156 Å². The maximum atomic E-state index is 12.6. The number of sulfonamides is 1. The number of pyridine rings is 1. The first-order valence-electron chi connectivity index (χ1n) is 8.53. The molecule has 132 valence electrons. The van der Waals surface area contributed by atoms with Gasteiger partial charge in [0.05, 0.1) is 0 Å². The number of fused-ring (bicyclic) bond motifs is 1. The van der Waals surface area contributed by atoms with Crippen LogP contribution in [-0.2, 0) is 23.0 Å². The Morgan fingerprint density at radius 3 is 2.56 bits per heavy atom. The fourth-order valence-corrected chi connectivity index (χ4v) is 5.52. The van der Waals surface area contributed by atoms with E-state index in [1.165, 1.54) is 17.3 Å². The quantitative estimate of drug-likeness (QED) is 0.763. The second-order valence-corrected chi connectivity index (χ2v) is 9.30. The number of nitrogens with zero attached hydrogens (tertiary/aromatic N) is 3. The zero-order valence-electron chi connectivity index (χ0n) is 13.9. The van der Waals surface area contributed by atoms with Crippen molar-refractivity contribution in [3.05, 3.63) is 52.1 Å². The highest BCUT2D eigenvalue weighted by molar-refractivity contribution is 9.10. The van der Waals surface area contributed by atoms with E-state index < -0.39 is 10.0 Å². The Morgan fingerprint density at radius 1 is 1.04 bits per heavy atom. The monoisotopic (exact) mass is 421 g/mol. The molecule has 0 aliphatic carbocycles. The van der Waals surface area contributed by atoms with Crippen LogP contribution in [0.25, 0.3) is 0 Å². The third kappa shape index (κ3) is 3.20. The number of benzene rings is 1. The number of hydrogen-bond acceptors (Lipinski definition) is 4. The van der Waals surface area contributed by atoms with Crippen LogP contribution < -0.4 is 4.90 Å². The van der Waals surface area contributed by atoms with E-state index in [2.05, 4.69) is 44.0 Å². The van der Waals surface area contributed by atoms with Crippen LogP contribution in [0.3, 0.4) is 0 Å². The molecule has 2 aromatic rings. The third-order valence-corrected chi connectivity index (χ3v) is 7.59. The summed E-state index contributed by atoms with van der Waals surface area (Å²) in [4.78, 5) is 6.93. The Balaban J connectivity index is 1.56. The topological polar surface area (TPSA) is 53.5 Å². The molecule has 0 radical (unpaired) electrons. The Kier molecular flexibility index (Phi) is 4.56. The molecule has 25 heavy (non-hydrogen) atoms. The predicted octanol–water partition coefficient (Wildman–Crippen LogP) is 3.19. The normalized spacial score (nSPS) is 18.4. The molecule has 3 heterocycles. The molecule has 0 atom stereocenters. The standard InChI is InChI=1S/C18H20BrN3O2S/c19-17-5-3-4-14-8-11-21(13-16(14)17)18-7-6-15(12-20-18)25(23,24)22-9-1-2-10-22/h3-7,12H,1-2,8-11,13H2. The lowest BCUT2D eigenvalue weighted by molar-refractivity contribution is 0.477. The van der Waals surface area contributed by atoms with Crippen LogP contribution >= 0.6 is 15.9 Å². The van der Waals surface area contributed by atoms with Gasteiger partial charge in [-0.25, -0.2) is 13.4 Å². The SMILES string of the molecule is O=S(=O)(c1ccc(N2CCc3cccc(Br)c3C2)nc1)N1CCCC1.